The van der Waals surface area contributed by atoms with E-state index in [9.17, 15) is 0 Å². The van der Waals surface area contributed by atoms with Crippen LogP contribution in [0.3, 0.4) is 0 Å². The zero-order valence-corrected chi connectivity index (χ0v) is 10.0. The van der Waals surface area contributed by atoms with E-state index in [1.807, 2.05) is 30.3 Å². The summed E-state index contributed by atoms with van der Waals surface area (Å²) in [5.74, 6) is 0.919. The van der Waals surface area contributed by atoms with E-state index < -0.39 is 0 Å². The van der Waals surface area contributed by atoms with Gasteiger partial charge >= 0.3 is 0 Å². The summed E-state index contributed by atoms with van der Waals surface area (Å²) in [4.78, 5) is 0. The molecule has 2 rings (SSSR count). The lowest BCUT2D eigenvalue weighted by Crippen LogP contribution is -2.04. The fourth-order valence-electron chi connectivity index (χ4n) is 1.74. The first-order chi connectivity index (χ1) is 8.38. The lowest BCUT2D eigenvalue weighted by molar-refractivity contribution is 0.414. The molecular formula is C15H17NO. The van der Waals surface area contributed by atoms with Crippen molar-refractivity contribution in [1.29, 1.82) is 0 Å². The van der Waals surface area contributed by atoms with Gasteiger partial charge < -0.3 is 10.1 Å². The van der Waals surface area contributed by atoms with Gasteiger partial charge in [0.15, 0.2) is 0 Å². The minimum atomic E-state index is 0.919. The second-order valence-electron chi connectivity index (χ2n) is 3.89. The number of rotatable bonds is 5. The minimum absolute atomic E-state index is 0.919. The maximum atomic E-state index is 5.20. The first kappa shape index (κ1) is 11.5. The average Bonchev–Trinajstić information content (AvgIpc) is 2.40. The highest BCUT2D eigenvalue weighted by Crippen LogP contribution is 2.13. The molecule has 0 atom stereocenters. The maximum absolute atomic E-state index is 5.20. The summed E-state index contributed by atoms with van der Waals surface area (Å²) in [5.41, 5.74) is 2.45. The Morgan fingerprint density at radius 2 is 1.82 bits per heavy atom. The molecule has 1 N–H and O–H groups in total. The van der Waals surface area contributed by atoms with Crippen molar-refractivity contribution in [2.24, 2.45) is 0 Å². The van der Waals surface area contributed by atoms with Crippen molar-refractivity contribution in [2.45, 2.75) is 6.42 Å². The van der Waals surface area contributed by atoms with Crippen LogP contribution in [0.5, 0.6) is 5.75 Å². The SMILES string of the molecule is COc1cccc(CCNc2ccccc2)c1. The number of ether oxygens (including phenoxy) is 1. The predicted molar refractivity (Wildman–Crippen MR) is 71.6 cm³/mol. The van der Waals surface area contributed by atoms with Crippen LogP contribution in [-0.2, 0) is 6.42 Å². The number of benzene rings is 2. The summed E-state index contributed by atoms with van der Waals surface area (Å²) < 4.78 is 5.20. The highest BCUT2D eigenvalue weighted by molar-refractivity contribution is 5.42. The Morgan fingerprint density at radius 1 is 1.00 bits per heavy atom. The molecule has 0 bridgehead atoms. The Kier molecular flexibility index (Phi) is 4.03. The zero-order chi connectivity index (χ0) is 11.9. The van der Waals surface area contributed by atoms with Crippen molar-refractivity contribution in [3.63, 3.8) is 0 Å². The van der Waals surface area contributed by atoms with E-state index >= 15 is 0 Å². The van der Waals surface area contributed by atoms with Gasteiger partial charge in [0, 0.05) is 12.2 Å². The Balaban J connectivity index is 1.86. The molecule has 0 spiro atoms. The lowest BCUT2D eigenvalue weighted by atomic mass is 10.1. The van der Waals surface area contributed by atoms with E-state index in [0.717, 1.165) is 24.4 Å². The number of methoxy groups -OCH3 is 1. The van der Waals surface area contributed by atoms with Crippen molar-refractivity contribution >= 4 is 5.69 Å². The van der Waals surface area contributed by atoms with Gasteiger partial charge in [-0.15, -0.1) is 0 Å². The smallest absolute Gasteiger partial charge is 0.119 e. The van der Waals surface area contributed by atoms with Gasteiger partial charge in [0.2, 0.25) is 0 Å². The summed E-state index contributed by atoms with van der Waals surface area (Å²) in [6.07, 6.45) is 0.992. The average molecular weight is 227 g/mol. The van der Waals surface area contributed by atoms with E-state index in [2.05, 4.69) is 29.6 Å². The van der Waals surface area contributed by atoms with Crippen LogP contribution in [0.4, 0.5) is 5.69 Å². The summed E-state index contributed by atoms with van der Waals surface area (Å²) in [6, 6.07) is 18.4. The monoisotopic (exact) mass is 227 g/mol. The van der Waals surface area contributed by atoms with Gasteiger partial charge in [-0.05, 0) is 36.2 Å². The molecule has 0 amide bonds. The van der Waals surface area contributed by atoms with Gasteiger partial charge in [-0.2, -0.15) is 0 Å². The topological polar surface area (TPSA) is 21.3 Å². The number of hydrogen-bond donors (Lipinski definition) is 1. The van der Waals surface area contributed by atoms with Crippen LogP contribution in [0.25, 0.3) is 0 Å². The Bertz CT molecular complexity index is 453. The number of para-hydroxylation sites is 1. The third kappa shape index (κ3) is 3.52. The van der Waals surface area contributed by atoms with Gasteiger partial charge in [-0.25, -0.2) is 0 Å². The van der Waals surface area contributed by atoms with Crippen LogP contribution >= 0.6 is 0 Å². The van der Waals surface area contributed by atoms with Crippen LogP contribution in [0.15, 0.2) is 54.6 Å². The molecule has 17 heavy (non-hydrogen) atoms. The summed E-state index contributed by atoms with van der Waals surface area (Å²) in [7, 11) is 1.70. The molecule has 2 aromatic carbocycles. The van der Waals surface area contributed by atoms with Gasteiger partial charge in [-0.1, -0.05) is 30.3 Å². The van der Waals surface area contributed by atoms with E-state index in [-0.39, 0.29) is 0 Å². The van der Waals surface area contributed by atoms with Gasteiger partial charge in [-0.3, -0.25) is 0 Å². The number of nitrogens with one attached hydrogen (secondary N) is 1. The molecule has 2 heteroatoms. The molecule has 2 aromatic rings. The van der Waals surface area contributed by atoms with Crippen molar-refractivity contribution in [3.8, 4) is 5.75 Å². The predicted octanol–water partition coefficient (Wildman–Crippen LogP) is 3.35. The highest BCUT2D eigenvalue weighted by Gasteiger charge is 1.96. The Morgan fingerprint density at radius 3 is 2.59 bits per heavy atom. The van der Waals surface area contributed by atoms with Gasteiger partial charge in [0.25, 0.3) is 0 Å². The molecule has 0 aliphatic rings. The van der Waals surface area contributed by atoms with Crippen molar-refractivity contribution in [3.05, 3.63) is 60.2 Å². The molecule has 0 unspecified atom stereocenters. The van der Waals surface area contributed by atoms with Crippen LogP contribution < -0.4 is 10.1 Å². The zero-order valence-electron chi connectivity index (χ0n) is 10.0. The Hall–Kier alpha value is -1.96. The van der Waals surface area contributed by atoms with Crippen LogP contribution in [0.2, 0.25) is 0 Å². The fourth-order valence-corrected chi connectivity index (χ4v) is 1.74. The van der Waals surface area contributed by atoms with Gasteiger partial charge in [0.05, 0.1) is 7.11 Å². The standard InChI is InChI=1S/C15H17NO/c1-17-15-9-5-6-13(12-15)10-11-16-14-7-3-2-4-8-14/h2-9,12,16H,10-11H2,1H3. The molecule has 0 heterocycles. The molecular weight excluding hydrogens is 210 g/mol. The van der Waals surface area contributed by atoms with Crippen molar-refractivity contribution in [1.82, 2.24) is 0 Å². The minimum Gasteiger partial charge on any atom is -0.497 e. The van der Waals surface area contributed by atoms with Crippen molar-refractivity contribution < 1.29 is 4.74 Å². The first-order valence-electron chi connectivity index (χ1n) is 5.80. The highest BCUT2D eigenvalue weighted by atomic mass is 16.5. The van der Waals surface area contributed by atoms with E-state index in [1.54, 1.807) is 7.11 Å². The molecule has 0 aromatic heterocycles. The normalized spacial score (nSPS) is 9.94. The van der Waals surface area contributed by atoms with Crippen LogP contribution in [0, 0.1) is 0 Å². The molecule has 0 fully saturated rings. The molecule has 0 radical (unpaired) electrons. The second-order valence-corrected chi connectivity index (χ2v) is 3.89. The summed E-state index contributed by atoms with van der Waals surface area (Å²) >= 11 is 0. The van der Waals surface area contributed by atoms with Crippen LogP contribution in [0.1, 0.15) is 5.56 Å². The van der Waals surface area contributed by atoms with Crippen LogP contribution in [-0.4, -0.2) is 13.7 Å². The Labute approximate surface area is 102 Å². The first-order valence-corrected chi connectivity index (χ1v) is 5.80. The largest absolute Gasteiger partial charge is 0.497 e. The second kappa shape index (κ2) is 5.94. The molecule has 0 saturated carbocycles. The summed E-state index contributed by atoms with van der Waals surface area (Å²) in [6.45, 7) is 0.928. The molecule has 0 aliphatic heterocycles. The van der Waals surface area contributed by atoms with Crippen molar-refractivity contribution in [2.75, 3.05) is 19.0 Å². The number of anilines is 1. The van der Waals surface area contributed by atoms with E-state index in [1.165, 1.54) is 5.56 Å². The lowest BCUT2D eigenvalue weighted by Gasteiger charge is -2.07. The number of hydrogen-bond acceptors (Lipinski definition) is 2. The quantitative estimate of drug-likeness (QED) is 0.845. The maximum Gasteiger partial charge on any atom is 0.119 e. The molecule has 2 nitrogen and oxygen atoms in total. The van der Waals surface area contributed by atoms with Gasteiger partial charge in [0.1, 0.15) is 5.75 Å². The summed E-state index contributed by atoms with van der Waals surface area (Å²) in [5, 5.41) is 3.39. The fraction of sp³-hybridized carbons (Fsp3) is 0.200. The molecule has 88 valence electrons. The molecule has 0 aliphatic carbocycles. The third-order valence-electron chi connectivity index (χ3n) is 2.65. The molecule has 0 saturated heterocycles. The third-order valence-corrected chi connectivity index (χ3v) is 2.65. The van der Waals surface area contributed by atoms with E-state index in [4.69, 9.17) is 4.74 Å². The van der Waals surface area contributed by atoms with E-state index in [0.29, 0.717) is 0 Å².